The minimum absolute atomic E-state index is 0.101. The number of para-hydroxylation sites is 2. The lowest BCUT2D eigenvalue weighted by Gasteiger charge is -2.08. The van der Waals surface area contributed by atoms with Gasteiger partial charge in [-0.3, -0.25) is 14.7 Å². The Balaban J connectivity index is 1.51. The molecule has 0 spiro atoms. The SMILES string of the molecule is CC(=O)c1ccccc1NC(=O)CSc1n[nH]c(COc2ccccc2C)n1. The standard InChI is InChI=1S/C20H20N4O3S/c1-13-7-3-6-10-17(13)27-11-18-22-20(24-23-18)28-12-19(26)21-16-9-5-4-8-15(16)14(2)25/h3-10H,11-12H2,1-2H3,(H,21,26)(H,22,23,24). The molecule has 0 aliphatic heterocycles. The summed E-state index contributed by atoms with van der Waals surface area (Å²) >= 11 is 1.20. The number of aromatic amines is 1. The fourth-order valence-electron chi connectivity index (χ4n) is 2.49. The van der Waals surface area contributed by atoms with Gasteiger partial charge in [0.15, 0.2) is 11.6 Å². The molecule has 8 heteroatoms. The molecule has 0 fully saturated rings. The molecular weight excluding hydrogens is 376 g/mol. The topological polar surface area (TPSA) is 97.0 Å². The lowest BCUT2D eigenvalue weighted by Crippen LogP contribution is -2.16. The maximum Gasteiger partial charge on any atom is 0.234 e. The second-order valence-electron chi connectivity index (χ2n) is 6.06. The number of hydrogen-bond donors (Lipinski definition) is 2. The summed E-state index contributed by atoms with van der Waals surface area (Å²) in [6.45, 7) is 3.70. The van der Waals surface area contributed by atoms with Crippen molar-refractivity contribution in [3.8, 4) is 5.75 Å². The summed E-state index contributed by atoms with van der Waals surface area (Å²) in [4.78, 5) is 28.1. The van der Waals surface area contributed by atoms with Crippen molar-refractivity contribution < 1.29 is 14.3 Å². The molecule has 0 aliphatic rings. The Hall–Kier alpha value is -3.13. The predicted octanol–water partition coefficient (Wildman–Crippen LogP) is 3.63. The van der Waals surface area contributed by atoms with Crippen LogP contribution in [0.3, 0.4) is 0 Å². The van der Waals surface area contributed by atoms with Crippen LogP contribution in [-0.2, 0) is 11.4 Å². The Kier molecular flexibility index (Phi) is 6.44. The van der Waals surface area contributed by atoms with E-state index < -0.39 is 0 Å². The minimum atomic E-state index is -0.235. The van der Waals surface area contributed by atoms with Crippen molar-refractivity contribution in [2.75, 3.05) is 11.1 Å². The molecule has 1 amide bonds. The number of benzene rings is 2. The van der Waals surface area contributed by atoms with Crippen LogP contribution in [0, 0.1) is 6.92 Å². The second-order valence-corrected chi connectivity index (χ2v) is 7.00. The minimum Gasteiger partial charge on any atom is -0.485 e. The number of aryl methyl sites for hydroxylation is 1. The highest BCUT2D eigenvalue weighted by Gasteiger charge is 2.12. The molecule has 2 aromatic carbocycles. The van der Waals surface area contributed by atoms with Crippen molar-refractivity contribution in [1.82, 2.24) is 15.2 Å². The van der Waals surface area contributed by atoms with Gasteiger partial charge in [0.25, 0.3) is 0 Å². The Morgan fingerprint density at radius 2 is 1.89 bits per heavy atom. The van der Waals surface area contributed by atoms with E-state index in [0.29, 0.717) is 22.2 Å². The molecule has 144 valence electrons. The van der Waals surface area contributed by atoms with Crippen LogP contribution < -0.4 is 10.1 Å². The third-order valence-corrected chi connectivity index (χ3v) is 4.73. The molecule has 0 radical (unpaired) electrons. The summed E-state index contributed by atoms with van der Waals surface area (Å²) < 4.78 is 5.72. The molecular formula is C20H20N4O3S. The zero-order valence-corrected chi connectivity index (χ0v) is 16.4. The van der Waals surface area contributed by atoms with Crippen LogP contribution in [-0.4, -0.2) is 32.6 Å². The first kappa shape index (κ1) is 19.6. The number of amides is 1. The van der Waals surface area contributed by atoms with Gasteiger partial charge in [0.1, 0.15) is 12.4 Å². The number of thioether (sulfide) groups is 1. The highest BCUT2D eigenvalue weighted by atomic mass is 32.2. The smallest absolute Gasteiger partial charge is 0.234 e. The summed E-state index contributed by atoms with van der Waals surface area (Å²) in [5, 5.41) is 10.1. The van der Waals surface area contributed by atoms with Crippen molar-refractivity contribution in [3.63, 3.8) is 0 Å². The Morgan fingerprint density at radius 3 is 2.68 bits per heavy atom. The number of nitrogens with one attached hydrogen (secondary N) is 2. The highest BCUT2D eigenvalue weighted by molar-refractivity contribution is 7.99. The molecule has 7 nitrogen and oxygen atoms in total. The van der Waals surface area contributed by atoms with E-state index in [1.807, 2.05) is 31.2 Å². The lowest BCUT2D eigenvalue weighted by atomic mass is 10.1. The normalized spacial score (nSPS) is 10.5. The highest BCUT2D eigenvalue weighted by Crippen LogP contribution is 2.19. The number of rotatable bonds is 8. The predicted molar refractivity (Wildman–Crippen MR) is 108 cm³/mol. The van der Waals surface area contributed by atoms with Crippen molar-refractivity contribution >= 4 is 29.1 Å². The molecule has 0 atom stereocenters. The van der Waals surface area contributed by atoms with E-state index in [1.165, 1.54) is 18.7 Å². The van der Waals surface area contributed by atoms with E-state index in [9.17, 15) is 9.59 Å². The first-order chi connectivity index (χ1) is 13.5. The molecule has 28 heavy (non-hydrogen) atoms. The Labute approximate surface area is 166 Å². The first-order valence-corrected chi connectivity index (χ1v) is 9.64. The fraction of sp³-hybridized carbons (Fsp3) is 0.200. The summed E-state index contributed by atoms with van der Waals surface area (Å²) in [5.74, 6) is 1.16. The monoisotopic (exact) mass is 396 g/mol. The van der Waals surface area contributed by atoms with Crippen LogP contribution in [0.4, 0.5) is 5.69 Å². The summed E-state index contributed by atoms with van der Waals surface area (Å²) in [6, 6.07) is 14.6. The Morgan fingerprint density at radius 1 is 1.14 bits per heavy atom. The largest absolute Gasteiger partial charge is 0.485 e. The van der Waals surface area contributed by atoms with Crippen molar-refractivity contribution in [3.05, 3.63) is 65.5 Å². The van der Waals surface area contributed by atoms with Gasteiger partial charge < -0.3 is 10.1 Å². The van der Waals surface area contributed by atoms with Gasteiger partial charge in [-0.1, -0.05) is 42.1 Å². The number of aromatic nitrogens is 3. The van der Waals surface area contributed by atoms with Crippen LogP contribution in [0.1, 0.15) is 28.7 Å². The van der Waals surface area contributed by atoms with Gasteiger partial charge >= 0.3 is 0 Å². The zero-order valence-electron chi connectivity index (χ0n) is 15.6. The second kappa shape index (κ2) is 9.18. The van der Waals surface area contributed by atoms with Crippen LogP contribution in [0.2, 0.25) is 0 Å². The number of ether oxygens (including phenoxy) is 1. The third-order valence-electron chi connectivity index (χ3n) is 3.88. The molecule has 0 saturated heterocycles. The van der Waals surface area contributed by atoms with Crippen LogP contribution in [0.25, 0.3) is 0 Å². The number of nitrogens with zero attached hydrogens (tertiary/aromatic N) is 2. The van der Waals surface area contributed by atoms with E-state index in [2.05, 4.69) is 20.5 Å². The van der Waals surface area contributed by atoms with E-state index in [-0.39, 0.29) is 24.1 Å². The molecule has 3 aromatic rings. The zero-order chi connectivity index (χ0) is 19.9. The van der Waals surface area contributed by atoms with Crippen LogP contribution in [0.5, 0.6) is 5.75 Å². The number of Topliss-reactive ketones (excluding diaryl/α,β-unsaturated/α-hetero) is 1. The van der Waals surface area contributed by atoms with Gasteiger partial charge in [0.05, 0.1) is 11.4 Å². The van der Waals surface area contributed by atoms with Crippen LogP contribution >= 0.6 is 11.8 Å². The van der Waals surface area contributed by atoms with E-state index in [4.69, 9.17) is 4.74 Å². The number of carbonyl (C=O) groups excluding carboxylic acids is 2. The molecule has 1 aromatic heterocycles. The lowest BCUT2D eigenvalue weighted by molar-refractivity contribution is -0.113. The Bertz CT molecular complexity index is 987. The average molecular weight is 396 g/mol. The third kappa shape index (κ3) is 5.20. The maximum absolute atomic E-state index is 12.2. The van der Waals surface area contributed by atoms with E-state index in [1.54, 1.807) is 24.3 Å². The number of anilines is 1. The molecule has 0 bridgehead atoms. The number of ketones is 1. The molecule has 0 unspecified atom stereocenters. The quantitative estimate of drug-likeness (QED) is 0.446. The molecule has 3 rings (SSSR count). The summed E-state index contributed by atoms with van der Waals surface area (Å²) in [5.41, 5.74) is 2.02. The van der Waals surface area contributed by atoms with Gasteiger partial charge in [-0.15, -0.1) is 5.10 Å². The van der Waals surface area contributed by atoms with Crippen molar-refractivity contribution in [2.24, 2.45) is 0 Å². The number of carbonyl (C=O) groups is 2. The molecule has 0 saturated carbocycles. The fourth-order valence-corrected chi connectivity index (χ4v) is 3.10. The molecule has 2 N–H and O–H groups in total. The first-order valence-electron chi connectivity index (χ1n) is 8.65. The molecule has 0 aliphatic carbocycles. The van der Waals surface area contributed by atoms with E-state index in [0.717, 1.165) is 11.3 Å². The summed E-state index contributed by atoms with van der Waals surface area (Å²) in [7, 11) is 0. The van der Waals surface area contributed by atoms with Gasteiger partial charge in [-0.2, -0.15) is 0 Å². The average Bonchev–Trinajstić information content (AvgIpc) is 3.14. The van der Waals surface area contributed by atoms with Crippen molar-refractivity contribution in [2.45, 2.75) is 25.6 Å². The van der Waals surface area contributed by atoms with Gasteiger partial charge in [-0.05, 0) is 37.6 Å². The van der Waals surface area contributed by atoms with Gasteiger partial charge in [-0.25, -0.2) is 4.98 Å². The van der Waals surface area contributed by atoms with Crippen LogP contribution in [0.15, 0.2) is 53.7 Å². The maximum atomic E-state index is 12.2. The van der Waals surface area contributed by atoms with Crippen molar-refractivity contribution in [1.29, 1.82) is 0 Å². The summed E-state index contributed by atoms with van der Waals surface area (Å²) in [6.07, 6.45) is 0. The number of hydrogen-bond acceptors (Lipinski definition) is 6. The number of H-pyrrole nitrogens is 1. The van der Waals surface area contributed by atoms with Gasteiger partial charge in [0.2, 0.25) is 11.1 Å². The van der Waals surface area contributed by atoms with Gasteiger partial charge in [0, 0.05) is 5.56 Å². The van der Waals surface area contributed by atoms with E-state index >= 15 is 0 Å². The molecule has 1 heterocycles.